The van der Waals surface area contributed by atoms with Crippen molar-refractivity contribution in [2.75, 3.05) is 19.6 Å². The van der Waals surface area contributed by atoms with Gasteiger partial charge in [0.1, 0.15) is 0 Å². The molecular formula is C15H20N2O3S. The first kappa shape index (κ1) is 16.0. The van der Waals surface area contributed by atoms with Crippen molar-refractivity contribution in [3.8, 4) is 11.8 Å². The molecule has 6 heteroatoms. The molecule has 5 nitrogen and oxygen atoms in total. The zero-order valence-electron chi connectivity index (χ0n) is 12.0. The van der Waals surface area contributed by atoms with E-state index < -0.39 is 16.1 Å². The Morgan fingerprint density at radius 2 is 2.05 bits per heavy atom. The summed E-state index contributed by atoms with van der Waals surface area (Å²) in [6.45, 7) is 2.82. The van der Waals surface area contributed by atoms with Crippen molar-refractivity contribution in [1.29, 1.82) is 0 Å². The number of benzene rings is 1. The molecule has 0 aromatic heterocycles. The molecule has 1 aromatic rings. The minimum absolute atomic E-state index is 0.273. The molecule has 0 spiro atoms. The molecule has 3 N–H and O–H groups in total. The Morgan fingerprint density at radius 3 is 2.62 bits per heavy atom. The SMILES string of the molecule is Cc1cc(S(=O)(=O)N2CCC(O)CC2)ccc1C#CCN. The predicted molar refractivity (Wildman–Crippen MR) is 81.1 cm³/mol. The predicted octanol–water partition coefficient (Wildman–Crippen LogP) is 0.451. The molecule has 1 fully saturated rings. The van der Waals surface area contributed by atoms with Crippen molar-refractivity contribution < 1.29 is 13.5 Å². The maximum atomic E-state index is 12.6. The van der Waals surface area contributed by atoms with E-state index in [9.17, 15) is 13.5 Å². The maximum absolute atomic E-state index is 12.6. The molecule has 1 heterocycles. The van der Waals surface area contributed by atoms with Crippen LogP contribution in [0.25, 0.3) is 0 Å². The van der Waals surface area contributed by atoms with Crippen molar-refractivity contribution in [3.63, 3.8) is 0 Å². The van der Waals surface area contributed by atoms with Crippen LogP contribution in [0.4, 0.5) is 0 Å². The number of aryl methyl sites for hydroxylation is 1. The van der Waals surface area contributed by atoms with Crippen LogP contribution in [0, 0.1) is 18.8 Å². The van der Waals surface area contributed by atoms with Crippen LogP contribution in [-0.2, 0) is 10.0 Å². The topological polar surface area (TPSA) is 83.6 Å². The second kappa shape index (κ2) is 6.58. The summed E-state index contributed by atoms with van der Waals surface area (Å²) in [6.07, 6.45) is 0.573. The van der Waals surface area contributed by atoms with Gasteiger partial charge in [-0.25, -0.2) is 8.42 Å². The Balaban J connectivity index is 2.26. The molecule has 0 bridgehead atoms. The van der Waals surface area contributed by atoms with Gasteiger partial charge in [0.15, 0.2) is 0 Å². The summed E-state index contributed by atoms with van der Waals surface area (Å²) in [6, 6.07) is 4.93. The summed E-state index contributed by atoms with van der Waals surface area (Å²) in [5, 5.41) is 9.48. The average Bonchev–Trinajstić information content (AvgIpc) is 2.46. The fourth-order valence-electron chi connectivity index (χ4n) is 2.31. The molecule has 0 unspecified atom stereocenters. The first-order valence-corrected chi connectivity index (χ1v) is 8.37. The molecule has 114 valence electrons. The highest BCUT2D eigenvalue weighted by Gasteiger charge is 2.28. The fraction of sp³-hybridized carbons (Fsp3) is 0.467. The number of sulfonamides is 1. The van der Waals surface area contributed by atoms with Crippen LogP contribution in [0.15, 0.2) is 23.1 Å². The van der Waals surface area contributed by atoms with Gasteiger partial charge in [0.2, 0.25) is 10.0 Å². The lowest BCUT2D eigenvalue weighted by atomic mass is 10.1. The molecule has 1 saturated heterocycles. The number of nitrogens with two attached hydrogens (primary N) is 1. The van der Waals surface area contributed by atoms with E-state index in [-0.39, 0.29) is 11.4 Å². The molecule has 0 atom stereocenters. The van der Waals surface area contributed by atoms with E-state index in [1.165, 1.54) is 4.31 Å². The van der Waals surface area contributed by atoms with Gasteiger partial charge in [0, 0.05) is 18.7 Å². The molecule has 2 rings (SSSR count). The molecular weight excluding hydrogens is 288 g/mol. The van der Waals surface area contributed by atoms with Gasteiger partial charge in [-0.05, 0) is 43.5 Å². The highest BCUT2D eigenvalue weighted by atomic mass is 32.2. The Morgan fingerprint density at radius 1 is 1.38 bits per heavy atom. The summed E-state index contributed by atoms with van der Waals surface area (Å²) >= 11 is 0. The molecule has 1 aliphatic heterocycles. The molecule has 1 aliphatic rings. The highest BCUT2D eigenvalue weighted by Crippen LogP contribution is 2.22. The maximum Gasteiger partial charge on any atom is 0.243 e. The van der Waals surface area contributed by atoms with Crippen molar-refractivity contribution in [2.45, 2.75) is 30.8 Å². The molecule has 21 heavy (non-hydrogen) atoms. The van der Waals surface area contributed by atoms with Gasteiger partial charge in [0.05, 0.1) is 17.5 Å². The number of piperidine rings is 1. The van der Waals surface area contributed by atoms with Crippen LogP contribution >= 0.6 is 0 Å². The van der Waals surface area contributed by atoms with Crippen LogP contribution in [0.2, 0.25) is 0 Å². The van der Waals surface area contributed by atoms with Crippen molar-refractivity contribution >= 4 is 10.0 Å². The Hall–Kier alpha value is -1.39. The third-order valence-electron chi connectivity index (χ3n) is 3.58. The summed E-state index contributed by atoms with van der Waals surface area (Å²) in [5.74, 6) is 5.68. The van der Waals surface area contributed by atoms with Crippen LogP contribution < -0.4 is 5.73 Å². The first-order chi connectivity index (χ1) is 9.95. The number of aliphatic hydroxyl groups is 1. The van der Waals surface area contributed by atoms with E-state index in [0.29, 0.717) is 25.9 Å². The first-order valence-electron chi connectivity index (χ1n) is 6.93. The number of aliphatic hydroxyl groups excluding tert-OH is 1. The van der Waals surface area contributed by atoms with Crippen LogP contribution in [0.1, 0.15) is 24.0 Å². The highest BCUT2D eigenvalue weighted by molar-refractivity contribution is 7.89. The largest absolute Gasteiger partial charge is 0.393 e. The van der Waals surface area contributed by atoms with Crippen LogP contribution in [-0.4, -0.2) is 43.6 Å². The second-order valence-electron chi connectivity index (χ2n) is 5.12. The molecule has 0 saturated carbocycles. The Labute approximate surface area is 125 Å². The van der Waals surface area contributed by atoms with Crippen molar-refractivity contribution in [3.05, 3.63) is 29.3 Å². The van der Waals surface area contributed by atoms with Crippen molar-refractivity contribution in [2.24, 2.45) is 5.73 Å². The van der Waals surface area contributed by atoms with E-state index in [0.717, 1.165) is 11.1 Å². The fourth-order valence-corrected chi connectivity index (χ4v) is 3.87. The summed E-state index contributed by atoms with van der Waals surface area (Å²) in [5.41, 5.74) is 6.94. The van der Waals surface area contributed by atoms with Gasteiger partial charge in [-0.15, -0.1) is 0 Å². The van der Waals surface area contributed by atoms with E-state index in [1.807, 2.05) is 6.92 Å². The summed E-state index contributed by atoms with van der Waals surface area (Å²) < 4.78 is 26.5. The lowest BCUT2D eigenvalue weighted by Gasteiger charge is -2.28. The Kier molecular flexibility index (Phi) is 5.01. The number of nitrogens with zero attached hydrogens (tertiary/aromatic N) is 1. The zero-order valence-corrected chi connectivity index (χ0v) is 12.9. The standard InChI is InChI=1S/C15H20N2O3S/c1-12-11-15(5-4-13(12)3-2-8-16)21(19,20)17-9-6-14(18)7-10-17/h4-5,11,14,18H,6-10,16H2,1H3. The molecule has 0 aliphatic carbocycles. The molecule has 1 aromatic carbocycles. The summed E-state index contributed by atoms with van der Waals surface area (Å²) in [7, 11) is -3.50. The smallest absolute Gasteiger partial charge is 0.243 e. The van der Waals surface area contributed by atoms with E-state index >= 15 is 0 Å². The van der Waals surface area contributed by atoms with Crippen LogP contribution in [0.5, 0.6) is 0 Å². The van der Waals surface area contributed by atoms with Gasteiger partial charge >= 0.3 is 0 Å². The minimum atomic E-state index is -3.50. The van der Waals surface area contributed by atoms with Gasteiger partial charge in [-0.2, -0.15) is 4.31 Å². The van der Waals surface area contributed by atoms with Crippen molar-refractivity contribution in [1.82, 2.24) is 4.31 Å². The zero-order chi connectivity index (χ0) is 15.5. The third kappa shape index (κ3) is 3.63. The molecule has 0 radical (unpaired) electrons. The summed E-state index contributed by atoms with van der Waals surface area (Å²) in [4.78, 5) is 0.273. The Bertz CT molecular complexity index is 666. The normalized spacial score (nSPS) is 17.3. The van der Waals surface area contributed by atoms with Crippen LogP contribution in [0.3, 0.4) is 0 Å². The van der Waals surface area contributed by atoms with Gasteiger partial charge < -0.3 is 10.8 Å². The lowest BCUT2D eigenvalue weighted by Crippen LogP contribution is -2.40. The van der Waals surface area contributed by atoms with Gasteiger partial charge in [-0.3, -0.25) is 0 Å². The van der Waals surface area contributed by atoms with E-state index in [2.05, 4.69) is 11.8 Å². The molecule has 0 amide bonds. The van der Waals surface area contributed by atoms with E-state index in [4.69, 9.17) is 5.73 Å². The number of hydrogen-bond donors (Lipinski definition) is 2. The van der Waals surface area contributed by atoms with E-state index in [1.54, 1.807) is 18.2 Å². The average molecular weight is 308 g/mol. The minimum Gasteiger partial charge on any atom is -0.393 e. The third-order valence-corrected chi connectivity index (χ3v) is 5.48. The quantitative estimate of drug-likeness (QED) is 0.777. The van der Waals surface area contributed by atoms with Gasteiger partial charge in [-0.1, -0.05) is 11.8 Å². The monoisotopic (exact) mass is 308 g/mol. The number of hydrogen-bond acceptors (Lipinski definition) is 4. The number of rotatable bonds is 2. The lowest BCUT2D eigenvalue weighted by molar-refractivity contribution is 0.113. The van der Waals surface area contributed by atoms with Gasteiger partial charge in [0.25, 0.3) is 0 Å². The second-order valence-corrected chi connectivity index (χ2v) is 7.06.